The van der Waals surface area contributed by atoms with E-state index in [1.807, 2.05) is 12.1 Å². The van der Waals surface area contributed by atoms with Crippen molar-refractivity contribution in [2.75, 3.05) is 34.3 Å². The molecule has 1 amide bonds. The normalized spacial score (nSPS) is 14.3. The van der Waals surface area contributed by atoms with Gasteiger partial charge in [-0.15, -0.1) is 0 Å². The third kappa shape index (κ3) is 4.35. The molecule has 1 heterocycles. The Labute approximate surface area is 155 Å². The van der Waals surface area contributed by atoms with Crippen molar-refractivity contribution in [3.63, 3.8) is 0 Å². The number of methoxy groups -OCH3 is 1. The van der Waals surface area contributed by atoms with Crippen LogP contribution in [0.3, 0.4) is 0 Å². The van der Waals surface area contributed by atoms with Crippen LogP contribution < -0.4 is 9.47 Å². The Balaban J connectivity index is 1.71. The number of ether oxygens (including phenoxy) is 2. The number of carbonyl (C=O) groups excluding carboxylic acids is 1. The second kappa shape index (κ2) is 8.23. The Morgan fingerprint density at radius 2 is 1.73 bits per heavy atom. The molecule has 0 aliphatic carbocycles. The first kappa shape index (κ1) is 18.3. The van der Waals surface area contributed by atoms with Gasteiger partial charge in [0.15, 0.2) is 11.5 Å². The van der Waals surface area contributed by atoms with Gasteiger partial charge in [-0.3, -0.25) is 9.69 Å². The average molecular weight is 354 g/mol. The quantitative estimate of drug-likeness (QED) is 0.792. The van der Waals surface area contributed by atoms with E-state index in [9.17, 15) is 4.79 Å². The second-order valence-electron chi connectivity index (χ2n) is 6.79. The minimum Gasteiger partial charge on any atom is -0.493 e. The van der Waals surface area contributed by atoms with E-state index in [-0.39, 0.29) is 5.91 Å². The van der Waals surface area contributed by atoms with Gasteiger partial charge in [0.25, 0.3) is 5.91 Å². The predicted molar refractivity (Wildman–Crippen MR) is 102 cm³/mol. The van der Waals surface area contributed by atoms with E-state index in [1.54, 1.807) is 50.4 Å². The molecule has 26 heavy (non-hydrogen) atoms. The topological polar surface area (TPSA) is 42.0 Å². The highest BCUT2D eigenvalue weighted by molar-refractivity contribution is 5.93. The maximum atomic E-state index is 12.0. The summed E-state index contributed by atoms with van der Waals surface area (Å²) >= 11 is 0. The van der Waals surface area contributed by atoms with E-state index in [0.717, 1.165) is 12.3 Å². The first-order valence-electron chi connectivity index (χ1n) is 8.95. The molecule has 3 rings (SSSR count). The Bertz CT molecular complexity index is 750. The maximum absolute atomic E-state index is 12.0. The second-order valence-corrected chi connectivity index (χ2v) is 6.79. The van der Waals surface area contributed by atoms with Crippen molar-refractivity contribution in [1.82, 2.24) is 9.80 Å². The van der Waals surface area contributed by atoms with Crippen LogP contribution in [0.25, 0.3) is 0 Å². The highest BCUT2D eigenvalue weighted by Gasteiger charge is 2.14. The van der Waals surface area contributed by atoms with Crippen LogP contribution in [0.2, 0.25) is 0 Å². The van der Waals surface area contributed by atoms with Gasteiger partial charge in [-0.2, -0.15) is 0 Å². The van der Waals surface area contributed by atoms with Gasteiger partial charge in [0, 0.05) is 26.2 Å². The highest BCUT2D eigenvalue weighted by atomic mass is 16.5. The molecular formula is C21H26N2O3. The minimum atomic E-state index is -0.0274. The number of benzene rings is 2. The summed E-state index contributed by atoms with van der Waals surface area (Å²) in [5.41, 5.74) is 1.86. The molecule has 1 fully saturated rings. The van der Waals surface area contributed by atoms with Crippen LogP contribution in [-0.2, 0) is 6.54 Å². The summed E-state index contributed by atoms with van der Waals surface area (Å²) in [6.07, 6.45) is 2.56. The highest BCUT2D eigenvalue weighted by Crippen LogP contribution is 2.33. The Morgan fingerprint density at radius 1 is 1.04 bits per heavy atom. The Kier molecular flexibility index (Phi) is 5.78. The Hall–Kier alpha value is -2.53. The summed E-state index contributed by atoms with van der Waals surface area (Å²) in [5, 5.41) is 0. The molecule has 5 heteroatoms. The van der Waals surface area contributed by atoms with Crippen molar-refractivity contribution < 1.29 is 14.3 Å². The molecule has 2 aromatic carbocycles. The zero-order chi connectivity index (χ0) is 18.5. The van der Waals surface area contributed by atoms with Crippen LogP contribution in [0, 0.1) is 0 Å². The third-order valence-corrected chi connectivity index (χ3v) is 4.57. The molecule has 0 bridgehead atoms. The largest absolute Gasteiger partial charge is 0.493 e. The van der Waals surface area contributed by atoms with Crippen molar-refractivity contribution in [2.45, 2.75) is 19.4 Å². The molecule has 1 aliphatic rings. The first-order valence-corrected chi connectivity index (χ1v) is 8.95. The molecule has 0 atom stereocenters. The molecular weight excluding hydrogens is 328 g/mol. The minimum absolute atomic E-state index is 0.0274. The van der Waals surface area contributed by atoms with Crippen LogP contribution in [0.15, 0.2) is 42.5 Å². The molecule has 1 saturated heterocycles. The summed E-state index contributed by atoms with van der Waals surface area (Å²) in [4.78, 5) is 16.0. The molecule has 0 radical (unpaired) electrons. The maximum Gasteiger partial charge on any atom is 0.253 e. The van der Waals surface area contributed by atoms with Crippen molar-refractivity contribution >= 4 is 5.91 Å². The van der Waals surface area contributed by atoms with E-state index in [1.165, 1.54) is 31.5 Å². The lowest BCUT2D eigenvalue weighted by atomic mass is 10.2. The fourth-order valence-electron chi connectivity index (χ4n) is 3.14. The molecule has 2 aromatic rings. The Morgan fingerprint density at radius 3 is 2.35 bits per heavy atom. The van der Waals surface area contributed by atoms with Gasteiger partial charge in [0.1, 0.15) is 5.75 Å². The fraction of sp³-hybridized carbons (Fsp3) is 0.381. The standard InChI is InChI=1S/C21H26N2O3/c1-22(2)21(24)17-7-9-18(10-8-17)26-19-11-6-16(14-20(19)25-3)15-23-12-4-5-13-23/h6-11,14H,4-5,12-13,15H2,1-3H3. The van der Waals surface area contributed by atoms with Gasteiger partial charge in [-0.05, 0) is 67.9 Å². The average Bonchev–Trinajstić information content (AvgIpc) is 3.16. The van der Waals surface area contributed by atoms with E-state index >= 15 is 0 Å². The monoisotopic (exact) mass is 354 g/mol. The lowest BCUT2D eigenvalue weighted by Gasteiger charge is -2.17. The number of nitrogens with zero attached hydrogens (tertiary/aromatic N) is 2. The number of rotatable bonds is 6. The zero-order valence-electron chi connectivity index (χ0n) is 15.7. The molecule has 0 spiro atoms. The van der Waals surface area contributed by atoms with Gasteiger partial charge >= 0.3 is 0 Å². The smallest absolute Gasteiger partial charge is 0.253 e. The van der Waals surface area contributed by atoms with Crippen LogP contribution in [0.1, 0.15) is 28.8 Å². The summed E-state index contributed by atoms with van der Waals surface area (Å²) in [6, 6.07) is 13.2. The van der Waals surface area contributed by atoms with Crippen LogP contribution in [0.4, 0.5) is 0 Å². The van der Waals surface area contributed by atoms with Crippen molar-refractivity contribution in [1.29, 1.82) is 0 Å². The summed E-state index contributed by atoms with van der Waals surface area (Å²) in [6.45, 7) is 3.27. The molecule has 5 nitrogen and oxygen atoms in total. The molecule has 138 valence electrons. The summed E-state index contributed by atoms with van der Waals surface area (Å²) < 4.78 is 11.5. The van der Waals surface area contributed by atoms with E-state index in [0.29, 0.717) is 17.1 Å². The van der Waals surface area contributed by atoms with Crippen molar-refractivity contribution in [3.05, 3.63) is 53.6 Å². The number of likely N-dealkylation sites (tertiary alicyclic amines) is 1. The van der Waals surface area contributed by atoms with Gasteiger partial charge in [-0.25, -0.2) is 0 Å². The van der Waals surface area contributed by atoms with E-state index < -0.39 is 0 Å². The SMILES string of the molecule is COc1cc(CN2CCCC2)ccc1Oc1ccc(C(=O)N(C)C)cc1. The number of hydrogen-bond donors (Lipinski definition) is 0. The lowest BCUT2D eigenvalue weighted by Crippen LogP contribution is -2.21. The zero-order valence-corrected chi connectivity index (χ0v) is 15.7. The van der Waals surface area contributed by atoms with Crippen molar-refractivity contribution in [2.24, 2.45) is 0 Å². The van der Waals surface area contributed by atoms with Crippen LogP contribution in [-0.4, -0.2) is 50.0 Å². The number of amides is 1. The van der Waals surface area contributed by atoms with Crippen molar-refractivity contribution in [3.8, 4) is 17.2 Å². The van der Waals surface area contributed by atoms with Gasteiger partial charge in [0.05, 0.1) is 7.11 Å². The molecule has 0 N–H and O–H groups in total. The summed E-state index contributed by atoms with van der Waals surface area (Å²) in [7, 11) is 5.13. The fourth-order valence-corrected chi connectivity index (χ4v) is 3.14. The van der Waals surface area contributed by atoms with Gasteiger partial charge in [-0.1, -0.05) is 6.07 Å². The van der Waals surface area contributed by atoms with Gasteiger partial charge in [0.2, 0.25) is 0 Å². The van der Waals surface area contributed by atoms with Gasteiger partial charge < -0.3 is 14.4 Å². The molecule has 0 aromatic heterocycles. The van der Waals surface area contributed by atoms with E-state index in [4.69, 9.17) is 9.47 Å². The first-order chi connectivity index (χ1) is 12.6. The molecule has 0 unspecified atom stereocenters. The van der Waals surface area contributed by atoms with E-state index in [2.05, 4.69) is 11.0 Å². The van der Waals surface area contributed by atoms with Crippen LogP contribution >= 0.6 is 0 Å². The van der Waals surface area contributed by atoms with Crippen LogP contribution in [0.5, 0.6) is 17.2 Å². The molecule has 1 aliphatic heterocycles. The third-order valence-electron chi connectivity index (χ3n) is 4.57. The summed E-state index contributed by atoms with van der Waals surface area (Å²) in [5.74, 6) is 2.03. The lowest BCUT2D eigenvalue weighted by molar-refractivity contribution is 0.0827. The number of hydrogen-bond acceptors (Lipinski definition) is 4. The number of carbonyl (C=O) groups is 1. The predicted octanol–water partition coefficient (Wildman–Crippen LogP) is 3.79. The molecule has 0 saturated carbocycles.